The Morgan fingerprint density at radius 2 is 2.29 bits per heavy atom. The number of primary amides is 1. The summed E-state index contributed by atoms with van der Waals surface area (Å²) in [7, 11) is 0. The van der Waals surface area contributed by atoms with Gasteiger partial charge in [-0.3, -0.25) is 4.79 Å². The van der Waals surface area contributed by atoms with Crippen LogP contribution in [0.5, 0.6) is 0 Å². The van der Waals surface area contributed by atoms with Crippen molar-refractivity contribution in [2.45, 2.75) is 58.1 Å². The first kappa shape index (κ1) is 14.5. The third-order valence-corrected chi connectivity index (χ3v) is 3.67. The molecule has 17 heavy (non-hydrogen) atoms. The van der Waals surface area contributed by atoms with E-state index in [-0.39, 0.29) is 12.0 Å². The average molecular weight is 242 g/mol. The molecule has 2 unspecified atom stereocenters. The van der Waals surface area contributed by atoms with Crippen molar-refractivity contribution in [1.82, 2.24) is 5.32 Å². The number of carbonyl (C=O) groups excluding carboxylic acids is 1. The summed E-state index contributed by atoms with van der Waals surface area (Å²) < 4.78 is 5.58. The van der Waals surface area contributed by atoms with Gasteiger partial charge in [0.1, 0.15) is 5.54 Å². The molecule has 0 aromatic rings. The van der Waals surface area contributed by atoms with E-state index in [2.05, 4.69) is 5.32 Å². The van der Waals surface area contributed by atoms with E-state index in [9.17, 15) is 4.79 Å². The molecule has 4 nitrogen and oxygen atoms in total. The molecule has 0 spiro atoms. The van der Waals surface area contributed by atoms with Crippen molar-refractivity contribution in [3.05, 3.63) is 0 Å². The lowest BCUT2D eigenvalue weighted by Crippen LogP contribution is -2.58. The van der Waals surface area contributed by atoms with Gasteiger partial charge < -0.3 is 15.8 Å². The van der Waals surface area contributed by atoms with Gasteiger partial charge in [0.05, 0.1) is 6.10 Å². The predicted octanol–water partition coefficient (Wildman–Crippen LogP) is 1.44. The molecule has 2 atom stereocenters. The second-order valence-corrected chi connectivity index (χ2v) is 5.16. The largest absolute Gasteiger partial charge is 0.379 e. The molecule has 100 valence electrons. The van der Waals surface area contributed by atoms with E-state index in [1.54, 1.807) is 0 Å². The molecule has 0 bridgehead atoms. The van der Waals surface area contributed by atoms with Crippen LogP contribution in [0.25, 0.3) is 0 Å². The first-order chi connectivity index (χ1) is 8.03. The molecule has 1 saturated carbocycles. The Bertz CT molecular complexity index is 256. The molecule has 0 aromatic heterocycles. The Hall–Kier alpha value is -0.610. The molecule has 0 aliphatic heterocycles. The highest BCUT2D eigenvalue weighted by molar-refractivity contribution is 5.85. The van der Waals surface area contributed by atoms with E-state index >= 15 is 0 Å². The Morgan fingerprint density at radius 1 is 1.59 bits per heavy atom. The van der Waals surface area contributed by atoms with Crippen molar-refractivity contribution in [2.75, 3.05) is 13.2 Å². The van der Waals surface area contributed by atoms with Crippen LogP contribution in [0.1, 0.15) is 46.5 Å². The van der Waals surface area contributed by atoms with Crippen molar-refractivity contribution < 1.29 is 9.53 Å². The predicted molar refractivity (Wildman–Crippen MR) is 68.6 cm³/mol. The lowest BCUT2D eigenvalue weighted by molar-refractivity contribution is -0.126. The number of likely N-dealkylation sites (N-methyl/N-ethyl adjacent to an activating group) is 1. The molecule has 1 rings (SSSR count). The fourth-order valence-electron chi connectivity index (χ4n) is 2.87. The Balaban J connectivity index is 2.59. The summed E-state index contributed by atoms with van der Waals surface area (Å²) in [5, 5.41) is 3.32. The van der Waals surface area contributed by atoms with E-state index in [1.165, 1.54) is 0 Å². The highest BCUT2D eigenvalue weighted by Gasteiger charge is 2.46. The van der Waals surface area contributed by atoms with E-state index in [1.807, 2.05) is 20.8 Å². The summed E-state index contributed by atoms with van der Waals surface area (Å²) in [6.07, 6.45) is 4.16. The van der Waals surface area contributed by atoms with Crippen molar-refractivity contribution in [3.63, 3.8) is 0 Å². The zero-order chi connectivity index (χ0) is 12.9. The monoisotopic (exact) mass is 242 g/mol. The average Bonchev–Trinajstić information content (AvgIpc) is 2.63. The quantitative estimate of drug-likeness (QED) is 0.710. The minimum Gasteiger partial charge on any atom is -0.379 e. The van der Waals surface area contributed by atoms with Crippen molar-refractivity contribution in [2.24, 2.45) is 11.7 Å². The molecule has 0 heterocycles. The van der Waals surface area contributed by atoms with Crippen molar-refractivity contribution in [3.8, 4) is 0 Å². The van der Waals surface area contributed by atoms with Gasteiger partial charge in [-0.25, -0.2) is 0 Å². The molecule has 0 radical (unpaired) electrons. The van der Waals surface area contributed by atoms with Gasteiger partial charge in [-0.05, 0) is 45.6 Å². The molecule has 1 fully saturated rings. The smallest absolute Gasteiger partial charge is 0.238 e. The summed E-state index contributed by atoms with van der Waals surface area (Å²) in [4.78, 5) is 11.7. The molecule has 3 N–H and O–H groups in total. The summed E-state index contributed by atoms with van der Waals surface area (Å²) in [6.45, 7) is 7.57. The highest BCUT2D eigenvalue weighted by atomic mass is 16.5. The van der Waals surface area contributed by atoms with Gasteiger partial charge in [0.2, 0.25) is 5.91 Å². The third kappa shape index (κ3) is 3.42. The maximum Gasteiger partial charge on any atom is 0.238 e. The number of hydrogen-bond donors (Lipinski definition) is 2. The lowest BCUT2D eigenvalue weighted by Gasteiger charge is -2.33. The number of nitrogens with two attached hydrogens (primary N) is 1. The molecule has 0 saturated heterocycles. The highest BCUT2D eigenvalue weighted by Crippen LogP contribution is 2.37. The molecule has 4 heteroatoms. The van der Waals surface area contributed by atoms with Crippen LogP contribution in [0, 0.1) is 5.92 Å². The van der Waals surface area contributed by atoms with Gasteiger partial charge in [0, 0.05) is 6.61 Å². The number of ether oxygens (including phenoxy) is 1. The van der Waals surface area contributed by atoms with Crippen LogP contribution >= 0.6 is 0 Å². The van der Waals surface area contributed by atoms with Gasteiger partial charge in [0.25, 0.3) is 0 Å². The standard InChI is InChI=1S/C13H26N2O2/c1-4-15-13(12(14)16)8-5-6-11(13)7-9-17-10(2)3/h10-11,15H,4-9H2,1-3H3,(H2,14,16). The summed E-state index contributed by atoms with van der Waals surface area (Å²) >= 11 is 0. The minimum absolute atomic E-state index is 0.202. The fourth-order valence-corrected chi connectivity index (χ4v) is 2.87. The van der Waals surface area contributed by atoms with E-state index < -0.39 is 5.54 Å². The first-order valence-corrected chi connectivity index (χ1v) is 6.69. The van der Waals surface area contributed by atoms with Crippen LogP contribution in [-0.4, -0.2) is 30.7 Å². The minimum atomic E-state index is -0.491. The molecular formula is C13H26N2O2. The van der Waals surface area contributed by atoms with Gasteiger partial charge in [0.15, 0.2) is 0 Å². The topological polar surface area (TPSA) is 64.3 Å². The second-order valence-electron chi connectivity index (χ2n) is 5.16. The maximum atomic E-state index is 11.7. The van der Waals surface area contributed by atoms with E-state index in [0.29, 0.717) is 12.5 Å². The number of rotatable bonds is 7. The SMILES string of the molecule is CCNC1(C(N)=O)CCCC1CCOC(C)C. The van der Waals surface area contributed by atoms with E-state index in [0.717, 1.165) is 32.2 Å². The third-order valence-electron chi connectivity index (χ3n) is 3.67. The Labute approximate surface area is 104 Å². The molecule has 1 amide bonds. The van der Waals surface area contributed by atoms with Crippen LogP contribution in [0.15, 0.2) is 0 Å². The zero-order valence-electron chi connectivity index (χ0n) is 11.3. The Morgan fingerprint density at radius 3 is 2.82 bits per heavy atom. The van der Waals surface area contributed by atoms with Crippen LogP contribution < -0.4 is 11.1 Å². The molecule has 1 aliphatic carbocycles. The molecular weight excluding hydrogens is 216 g/mol. The zero-order valence-corrected chi connectivity index (χ0v) is 11.3. The van der Waals surface area contributed by atoms with Crippen molar-refractivity contribution >= 4 is 5.91 Å². The van der Waals surface area contributed by atoms with Crippen molar-refractivity contribution in [1.29, 1.82) is 0 Å². The maximum absolute atomic E-state index is 11.7. The van der Waals surface area contributed by atoms with E-state index in [4.69, 9.17) is 10.5 Å². The van der Waals surface area contributed by atoms with Gasteiger partial charge >= 0.3 is 0 Å². The lowest BCUT2D eigenvalue weighted by atomic mass is 9.84. The first-order valence-electron chi connectivity index (χ1n) is 6.69. The van der Waals surface area contributed by atoms with Crippen LogP contribution in [-0.2, 0) is 9.53 Å². The van der Waals surface area contributed by atoms with Crippen LogP contribution in [0.2, 0.25) is 0 Å². The Kier molecular flexibility index (Phi) is 5.40. The number of hydrogen-bond acceptors (Lipinski definition) is 3. The van der Waals surface area contributed by atoms with Crippen LogP contribution in [0.3, 0.4) is 0 Å². The fraction of sp³-hybridized carbons (Fsp3) is 0.923. The van der Waals surface area contributed by atoms with Gasteiger partial charge in [-0.2, -0.15) is 0 Å². The number of amides is 1. The molecule has 0 aromatic carbocycles. The second kappa shape index (κ2) is 6.36. The van der Waals surface area contributed by atoms with Crippen LogP contribution in [0.4, 0.5) is 0 Å². The normalized spacial score (nSPS) is 28.8. The summed E-state index contributed by atoms with van der Waals surface area (Å²) in [5.41, 5.74) is 5.11. The summed E-state index contributed by atoms with van der Waals surface area (Å²) in [5.74, 6) is 0.116. The summed E-state index contributed by atoms with van der Waals surface area (Å²) in [6, 6.07) is 0. The number of carbonyl (C=O) groups is 1. The number of nitrogens with one attached hydrogen (secondary N) is 1. The van der Waals surface area contributed by atoms with Gasteiger partial charge in [-0.15, -0.1) is 0 Å². The van der Waals surface area contributed by atoms with Gasteiger partial charge in [-0.1, -0.05) is 13.3 Å². The molecule has 1 aliphatic rings.